The molecule has 0 saturated carbocycles. The minimum atomic E-state index is -0.284. The molecule has 86 valence electrons. The van der Waals surface area contributed by atoms with Gasteiger partial charge in [-0.2, -0.15) is 0 Å². The first kappa shape index (κ1) is 11.5. The maximum Gasteiger partial charge on any atom is 0.127 e. The van der Waals surface area contributed by atoms with Gasteiger partial charge in [-0.15, -0.1) is 0 Å². The number of hydrogen-bond acceptors (Lipinski definition) is 1. The van der Waals surface area contributed by atoms with Crippen LogP contribution >= 0.6 is 0 Å². The summed E-state index contributed by atoms with van der Waals surface area (Å²) in [5.41, 5.74) is 1.50. The molecule has 0 radical (unpaired) electrons. The number of carbonyl (C=O) groups excluding carboxylic acids is 1. The Hall–Kier alpha value is -1.96. The molecule has 0 saturated heterocycles. The lowest BCUT2D eigenvalue weighted by molar-refractivity contribution is -0.109. The van der Waals surface area contributed by atoms with Crippen molar-refractivity contribution >= 4 is 6.29 Å². The van der Waals surface area contributed by atoms with Gasteiger partial charge in [0.15, 0.2) is 0 Å². The summed E-state index contributed by atoms with van der Waals surface area (Å²) in [6, 6.07) is 16.0. The minimum absolute atomic E-state index is 0.254. The van der Waals surface area contributed by atoms with Crippen LogP contribution in [0.1, 0.15) is 17.0 Å². The van der Waals surface area contributed by atoms with Crippen LogP contribution in [0.3, 0.4) is 0 Å². The predicted octanol–water partition coefficient (Wildman–Crippen LogP) is 3.35. The molecule has 1 nitrogen and oxygen atoms in total. The Kier molecular flexibility index (Phi) is 3.66. The second kappa shape index (κ2) is 5.39. The zero-order valence-corrected chi connectivity index (χ0v) is 9.34. The Balaban J connectivity index is 2.22. The van der Waals surface area contributed by atoms with Crippen molar-refractivity contribution in [2.24, 2.45) is 0 Å². The molecule has 0 spiro atoms. The van der Waals surface area contributed by atoms with Crippen molar-refractivity contribution in [3.63, 3.8) is 0 Å². The number of aldehydes is 1. The maximum absolute atomic E-state index is 13.5. The predicted molar refractivity (Wildman–Crippen MR) is 65.4 cm³/mol. The summed E-state index contributed by atoms with van der Waals surface area (Å²) in [6.45, 7) is 0. The van der Waals surface area contributed by atoms with Crippen LogP contribution in [0.25, 0.3) is 0 Å². The van der Waals surface area contributed by atoms with Crippen molar-refractivity contribution in [2.45, 2.75) is 12.3 Å². The molecular weight excluding hydrogens is 215 g/mol. The summed E-state index contributed by atoms with van der Waals surface area (Å²) in [4.78, 5) is 11.1. The highest BCUT2D eigenvalue weighted by Gasteiger charge is 2.12. The normalized spacial score (nSPS) is 12.1. The Morgan fingerprint density at radius 3 is 2.29 bits per heavy atom. The summed E-state index contributed by atoms with van der Waals surface area (Å²) < 4.78 is 13.5. The van der Waals surface area contributed by atoms with E-state index in [0.29, 0.717) is 12.0 Å². The van der Waals surface area contributed by atoms with E-state index in [0.717, 1.165) is 11.8 Å². The first-order chi connectivity index (χ1) is 8.31. The Bertz CT molecular complexity index is 493. The zero-order chi connectivity index (χ0) is 12.1. The van der Waals surface area contributed by atoms with Crippen LogP contribution in [0, 0.1) is 5.82 Å². The Morgan fingerprint density at radius 2 is 1.65 bits per heavy atom. The molecule has 2 rings (SSSR count). The summed E-state index contributed by atoms with van der Waals surface area (Å²) in [5.74, 6) is -0.539. The van der Waals surface area contributed by atoms with E-state index in [2.05, 4.69) is 0 Å². The number of halogens is 1. The molecule has 0 amide bonds. The van der Waals surface area contributed by atoms with Gasteiger partial charge >= 0.3 is 0 Å². The fourth-order valence-electron chi connectivity index (χ4n) is 1.85. The molecular formula is C15H13FO. The third-order valence-electron chi connectivity index (χ3n) is 2.79. The van der Waals surface area contributed by atoms with Gasteiger partial charge in [-0.1, -0.05) is 48.5 Å². The van der Waals surface area contributed by atoms with Gasteiger partial charge in [0.25, 0.3) is 0 Å². The van der Waals surface area contributed by atoms with Gasteiger partial charge in [0.2, 0.25) is 0 Å². The van der Waals surface area contributed by atoms with Crippen molar-refractivity contribution in [1.82, 2.24) is 0 Å². The first-order valence-electron chi connectivity index (χ1n) is 5.55. The van der Waals surface area contributed by atoms with Gasteiger partial charge < -0.3 is 4.79 Å². The number of benzene rings is 2. The summed E-state index contributed by atoms with van der Waals surface area (Å²) in [5, 5.41) is 0. The molecule has 1 atom stereocenters. The van der Waals surface area contributed by atoms with Gasteiger partial charge in [-0.3, -0.25) is 0 Å². The monoisotopic (exact) mass is 228 g/mol. The van der Waals surface area contributed by atoms with E-state index in [1.807, 2.05) is 30.3 Å². The van der Waals surface area contributed by atoms with Crippen LogP contribution in [0.5, 0.6) is 0 Å². The van der Waals surface area contributed by atoms with E-state index < -0.39 is 0 Å². The number of hydrogen-bond donors (Lipinski definition) is 0. The van der Waals surface area contributed by atoms with E-state index >= 15 is 0 Å². The highest BCUT2D eigenvalue weighted by Crippen LogP contribution is 2.20. The second-order valence-corrected chi connectivity index (χ2v) is 3.95. The highest BCUT2D eigenvalue weighted by molar-refractivity contribution is 5.62. The lowest BCUT2D eigenvalue weighted by atomic mass is 9.93. The molecule has 2 heteroatoms. The molecule has 17 heavy (non-hydrogen) atoms. The molecule has 0 aliphatic heterocycles. The maximum atomic E-state index is 13.5. The molecule has 0 heterocycles. The lowest BCUT2D eigenvalue weighted by Gasteiger charge is -2.11. The van der Waals surface area contributed by atoms with E-state index in [1.54, 1.807) is 18.2 Å². The molecule has 0 fully saturated rings. The fraction of sp³-hybridized carbons (Fsp3) is 0.133. The van der Waals surface area contributed by atoms with Crippen molar-refractivity contribution in [1.29, 1.82) is 0 Å². The Morgan fingerprint density at radius 1 is 1.00 bits per heavy atom. The fourth-order valence-corrected chi connectivity index (χ4v) is 1.85. The molecule has 0 aliphatic rings. The largest absolute Gasteiger partial charge is 0.303 e. The number of rotatable bonds is 4. The quantitative estimate of drug-likeness (QED) is 0.733. The van der Waals surface area contributed by atoms with Gasteiger partial charge in [0.1, 0.15) is 12.1 Å². The van der Waals surface area contributed by atoms with Crippen molar-refractivity contribution in [3.05, 3.63) is 71.5 Å². The van der Waals surface area contributed by atoms with Crippen molar-refractivity contribution in [3.8, 4) is 0 Å². The zero-order valence-electron chi connectivity index (χ0n) is 9.34. The molecule has 1 unspecified atom stereocenters. The van der Waals surface area contributed by atoms with Crippen molar-refractivity contribution < 1.29 is 9.18 Å². The van der Waals surface area contributed by atoms with Gasteiger partial charge in [0.05, 0.1) is 0 Å². The minimum Gasteiger partial charge on any atom is -0.303 e. The second-order valence-electron chi connectivity index (χ2n) is 3.95. The van der Waals surface area contributed by atoms with Gasteiger partial charge in [0, 0.05) is 5.92 Å². The van der Waals surface area contributed by atoms with Crippen molar-refractivity contribution in [2.75, 3.05) is 0 Å². The molecule has 0 aliphatic carbocycles. The van der Waals surface area contributed by atoms with E-state index in [4.69, 9.17) is 0 Å². The summed E-state index contributed by atoms with van der Waals surface area (Å²) >= 11 is 0. The van der Waals surface area contributed by atoms with Crippen LogP contribution in [0.2, 0.25) is 0 Å². The van der Waals surface area contributed by atoms with Gasteiger partial charge in [-0.25, -0.2) is 4.39 Å². The third-order valence-corrected chi connectivity index (χ3v) is 2.79. The first-order valence-corrected chi connectivity index (χ1v) is 5.55. The molecule has 0 N–H and O–H groups in total. The van der Waals surface area contributed by atoms with E-state index in [9.17, 15) is 9.18 Å². The van der Waals surface area contributed by atoms with E-state index in [1.165, 1.54) is 6.07 Å². The van der Waals surface area contributed by atoms with Gasteiger partial charge in [-0.05, 0) is 23.6 Å². The molecule has 0 bridgehead atoms. The van der Waals surface area contributed by atoms with Crippen LogP contribution < -0.4 is 0 Å². The smallest absolute Gasteiger partial charge is 0.127 e. The molecule has 0 aromatic heterocycles. The average molecular weight is 228 g/mol. The SMILES string of the molecule is O=CC(Cc1ccccc1F)c1ccccc1. The Labute approximate surface area is 99.9 Å². The topological polar surface area (TPSA) is 17.1 Å². The van der Waals surface area contributed by atoms with Crippen LogP contribution in [-0.2, 0) is 11.2 Å². The van der Waals surface area contributed by atoms with E-state index in [-0.39, 0.29) is 11.7 Å². The molecule has 2 aromatic rings. The van der Waals surface area contributed by atoms with Crippen LogP contribution in [0.4, 0.5) is 4.39 Å². The number of carbonyl (C=O) groups is 1. The summed E-state index contributed by atoms with van der Waals surface area (Å²) in [6.07, 6.45) is 1.28. The summed E-state index contributed by atoms with van der Waals surface area (Å²) in [7, 11) is 0. The lowest BCUT2D eigenvalue weighted by Crippen LogP contribution is -2.05. The van der Waals surface area contributed by atoms with Crippen LogP contribution in [-0.4, -0.2) is 6.29 Å². The highest BCUT2D eigenvalue weighted by atomic mass is 19.1. The average Bonchev–Trinajstić information content (AvgIpc) is 2.39. The molecule has 2 aromatic carbocycles. The third kappa shape index (κ3) is 2.78. The standard InChI is InChI=1S/C15H13FO/c16-15-9-5-4-8-13(15)10-14(11-17)12-6-2-1-3-7-12/h1-9,11,14H,10H2. The van der Waals surface area contributed by atoms with Crippen LogP contribution in [0.15, 0.2) is 54.6 Å².